The fourth-order valence-corrected chi connectivity index (χ4v) is 7.55. The number of oxime groups is 1. The number of aryl methyl sites for hydroxylation is 1. The van der Waals surface area contributed by atoms with Gasteiger partial charge in [-0.2, -0.15) is 4.98 Å². The smallest absolute Gasteiger partial charge is 0.376 e. The van der Waals surface area contributed by atoms with Crippen LogP contribution in [0, 0.1) is 5.41 Å². The number of carboxylic acids is 1. The highest BCUT2D eigenvalue weighted by Gasteiger charge is 2.56. The van der Waals surface area contributed by atoms with Crippen molar-refractivity contribution in [2.45, 2.75) is 16.6 Å². The van der Waals surface area contributed by atoms with Gasteiger partial charge in [0.2, 0.25) is 16.7 Å². The number of carboxylic acid groups (broad SMARTS) is 1. The predicted octanol–water partition coefficient (Wildman–Crippen LogP) is -2.96. The van der Waals surface area contributed by atoms with Crippen LogP contribution in [0.3, 0.4) is 0 Å². The van der Waals surface area contributed by atoms with E-state index in [9.17, 15) is 19.5 Å². The standard InChI is InChI=1S/C20H23N11O5S3/c1-29-10-3-9(21)25-19(31(10)27-17(29)22)39-7-20(16(34)35)5-30-14(33)12(15(30)38-6-20)26-13(32)11(28-36-2)8-4-37-18(23)24-8/h3-4,12,15,21H,5-7H2,1-2H3,(H6,22,23,24,26,27,32,34,35)/t12?,15-,20?/m1/s1. The zero-order chi connectivity index (χ0) is 28.1. The van der Waals surface area contributed by atoms with E-state index in [2.05, 4.69) is 25.5 Å². The van der Waals surface area contributed by atoms with Gasteiger partial charge in [0.05, 0.1) is 13.0 Å². The highest BCUT2D eigenvalue weighted by molar-refractivity contribution is 8.00. The van der Waals surface area contributed by atoms with E-state index in [1.807, 2.05) is 0 Å². The van der Waals surface area contributed by atoms with Crippen LogP contribution in [0.2, 0.25) is 0 Å². The minimum Gasteiger partial charge on any atom is -0.549 e. The van der Waals surface area contributed by atoms with Gasteiger partial charge in [-0.15, -0.1) is 23.1 Å². The topological polar surface area (TPSA) is 236 Å². The second-order valence-corrected chi connectivity index (χ2v) is 11.8. The summed E-state index contributed by atoms with van der Waals surface area (Å²) in [5.41, 5.74) is 16.8. The molecule has 2 saturated heterocycles. The highest BCUT2D eigenvalue weighted by atomic mass is 32.2. The Morgan fingerprint density at radius 2 is 2.15 bits per heavy atom. The Morgan fingerprint density at radius 1 is 1.38 bits per heavy atom. The number of aliphatic carboxylic acids is 1. The number of thiazole rings is 1. The van der Waals surface area contributed by atoms with Gasteiger partial charge in [0.15, 0.2) is 10.8 Å². The van der Waals surface area contributed by atoms with E-state index < -0.39 is 34.6 Å². The monoisotopic (exact) mass is 593 g/mol. The molecule has 5 heterocycles. The minimum absolute atomic E-state index is 0.0286. The second-order valence-electron chi connectivity index (χ2n) is 8.82. The molecule has 0 spiro atoms. The van der Waals surface area contributed by atoms with E-state index in [0.29, 0.717) is 10.8 Å². The Balaban J connectivity index is 1.30. The van der Waals surface area contributed by atoms with Crippen LogP contribution >= 0.6 is 34.9 Å². The molecule has 19 heteroatoms. The van der Waals surface area contributed by atoms with Crippen LogP contribution < -0.4 is 32.2 Å². The molecule has 0 aromatic carbocycles. The van der Waals surface area contributed by atoms with Crippen LogP contribution in [0.25, 0.3) is 5.65 Å². The lowest BCUT2D eigenvalue weighted by atomic mass is 9.89. The summed E-state index contributed by atoms with van der Waals surface area (Å²) in [6, 6.07) is 0.720. The number of nitrogens with one attached hydrogen (secondary N) is 1. The molecule has 3 aromatic heterocycles. The maximum atomic E-state index is 13.0. The van der Waals surface area contributed by atoms with Gasteiger partial charge in [0, 0.05) is 40.0 Å². The number of anilines is 3. The van der Waals surface area contributed by atoms with Crippen molar-refractivity contribution < 1.29 is 28.9 Å². The van der Waals surface area contributed by atoms with Crippen molar-refractivity contribution in [1.29, 1.82) is 0 Å². The average Bonchev–Trinajstić information content (AvgIpc) is 3.46. The summed E-state index contributed by atoms with van der Waals surface area (Å²) in [6.45, 7) is -0.104. The van der Waals surface area contributed by atoms with Gasteiger partial charge >= 0.3 is 5.95 Å². The molecule has 206 valence electrons. The van der Waals surface area contributed by atoms with E-state index in [1.54, 1.807) is 23.1 Å². The maximum absolute atomic E-state index is 13.0. The third-order valence-corrected chi connectivity index (χ3v) is 9.77. The van der Waals surface area contributed by atoms with Crippen molar-refractivity contribution >= 4 is 80.9 Å². The molecular formula is C20H23N11O5S3. The summed E-state index contributed by atoms with van der Waals surface area (Å²) < 4.78 is 3.10. The number of nitrogen functional groups attached to an aromatic ring is 3. The van der Waals surface area contributed by atoms with Crippen molar-refractivity contribution in [2.75, 3.05) is 42.4 Å². The van der Waals surface area contributed by atoms with Gasteiger partial charge in [-0.05, 0) is 0 Å². The lowest BCUT2D eigenvalue weighted by Crippen LogP contribution is -2.75. The Labute approximate surface area is 232 Å². The fourth-order valence-electron chi connectivity index (χ4n) is 4.20. The van der Waals surface area contributed by atoms with Crippen LogP contribution in [0.15, 0.2) is 21.8 Å². The summed E-state index contributed by atoms with van der Waals surface area (Å²) in [6.07, 6.45) is 0. The van der Waals surface area contributed by atoms with Crippen molar-refractivity contribution in [3.8, 4) is 0 Å². The molecule has 39 heavy (non-hydrogen) atoms. The number of nitrogens with two attached hydrogens (primary N) is 3. The van der Waals surface area contributed by atoms with Crippen molar-refractivity contribution in [3.63, 3.8) is 0 Å². The molecule has 5 rings (SSSR count). The summed E-state index contributed by atoms with van der Waals surface area (Å²) in [5, 5.41) is 24.6. The van der Waals surface area contributed by atoms with Gasteiger partial charge in [0.1, 0.15) is 30.0 Å². The summed E-state index contributed by atoms with van der Waals surface area (Å²) in [7, 11) is 2.99. The number of rotatable bonds is 8. The van der Waals surface area contributed by atoms with E-state index in [1.165, 1.54) is 28.3 Å². The number of amides is 2. The zero-order valence-corrected chi connectivity index (χ0v) is 23.0. The molecule has 2 aliphatic heterocycles. The van der Waals surface area contributed by atoms with Crippen LogP contribution in [0.1, 0.15) is 5.69 Å². The minimum atomic E-state index is -1.39. The van der Waals surface area contributed by atoms with E-state index in [-0.39, 0.29) is 46.4 Å². The molecule has 0 radical (unpaired) electrons. The first kappa shape index (κ1) is 26.8. The molecule has 2 unspecified atom stereocenters. The number of carbonyl (C=O) groups excluding carboxylic acids is 3. The lowest BCUT2D eigenvalue weighted by molar-refractivity contribution is -0.631. The molecule has 3 atom stereocenters. The SMILES string of the molecule is CON=C(C(=O)NC1C(=O)N2CC(CSc3nc(N)cc4n3nc(N)[n+]4C)(C(=O)[O-])CS[C@H]12)c1csc(N)n1. The first-order chi connectivity index (χ1) is 18.5. The van der Waals surface area contributed by atoms with Gasteiger partial charge in [-0.1, -0.05) is 21.4 Å². The molecule has 16 nitrogen and oxygen atoms in total. The maximum Gasteiger partial charge on any atom is 0.376 e. The Hall–Kier alpha value is -3.84. The number of carbonyl (C=O) groups is 3. The van der Waals surface area contributed by atoms with E-state index in [4.69, 9.17) is 22.0 Å². The molecular weight excluding hydrogens is 570 g/mol. The zero-order valence-electron chi connectivity index (χ0n) is 20.6. The van der Waals surface area contributed by atoms with Crippen LogP contribution in [-0.2, 0) is 26.3 Å². The molecule has 2 amide bonds. The van der Waals surface area contributed by atoms with Crippen LogP contribution in [-0.4, -0.2) is 84.6 Å². The largest absolute Gasteiger partial charge is 0.549 e. The van der Waals surface area contributed by atoms with Gasteiger partial charge in [-0.25, -0.2) is 9.55 Å². The molecule has 0 saturated carbocycles. The first-order valence-electron chi connectivity index (χ1n) is 11.2. The third kappa shape index (κ3) is 4.65. The number of β-lactam (4-membered cyclic amide) rings is 1. The van der Waals surface area contributed by atoms with Gasteiger partial charge < -0.3 is 42.2 Å². The quantitative estimate of drug-likeness (QED) is 0.0510. The van der Waals surface area contributed by atoms with Gasteiger partial charge in [0.25, 0.3) is 5.91 Å². The number of hydrogen-bond donors (Lipinski definition) is 4. The number of hydrogen-bond acceptors (Lipinski definition) is 15. The second kappa shape index (κ2) is 10.0. The molecule has 2 aliphatic rings. The number of fused-ring (bicyclic) bond motifs is 2. The fraction of sp³-hybridized carbons (Fsp3) is 0.400. The highest BCUT2D eigenvalue weighted by Crippen LogP contribution is 2.44. The van der Waals surface area contributed by atoms with Crippen molar-refractivity contribution in [1.82, 2.24) is 29.8 Å². The van der Waals surface area contributed by atoms with E-state index in [0.717, 1.165) is 23.1 Å². The van der Waals surface area contributed by atoms with Crippen LogP contribution in [0.4, 0.5) is 16.9 Å². The van der Waals surface area contributed by atoms with Crippen molar-refractivity contribution in [3.05, 3.63) is 17.1 Å². The number of aromatic nitrogens is 5. The Morgan fingerprint density at radius 3 is 2.82 bits per heavy atom. The summed E-state index contributed by atoms with van der Waals surface area (Å²) >= 11 is 3.48. The van der Waals surface area contributed by atoms with Crippen molar-refractivity contribution in [2.24, 2.45) is 17.6 Å². The normalized spacial score (nSPS) is 22.9. The Kier molecular flexibility index (Phi) is 6.89. The molecule has 2 fully saturated rings. The van der Waals surface area contributed by atoms with E-state index >= 15 is 0 Å². The molecule has 7 N–H and O–H groups in total. The number of thioether (sulfide) groups is 2. The number of nitrogens with zero attached hydrogens (tertiary/aromatic N) is 7. The predicted molar refractivity (Wildman–Crippen MR) is 141 cm³/mol. The third-order valence-electron chi connectivity index (χ3n) is 6.29. The first-order valence-corrected chi connectivity index (χ1v) is 14.2. The Bertz CT molecular complexity index is 1520. The summed E-state index contributed by atoms with van der Waals surface area (Å²) in [5.74, 6) is -1.80. The summed E-state index contributed by atoms with van der Waals surface area (Å²) in [4.78, 5) is 52.8. The van der Waals surface area contributed by atoms with Gasteiger partial charge in [-0.3, -0.25) is 9.59 Å². The molecule has 3 aromatic rings. The average molecular weight is 594 g/mol. The lowest BCUT2D eigenvalue weighted by Gasteiger charge is -2.55. The molecule has 0 aliphatic carbocycles. The molecule has 0 bridgehead atoms. The van der Waals surface area contributed by atoms with Crippen LogP contribution in [0.5, 0.6) is 0 Å².